The molecule has 17 heavy (non-hydrogen) atoms. The highest BCUT2D eigenvalue weighted by molar-refractivity contribution is 7.10. The van der Waals surface area contributed by atoms with Crippen LogP contribution in [0.5, 0.6) is 0 Å². The fraction of sp³-hybridized carbons (Fsp3) is 0.692. The molecule has 0 spiro atoms. The Balaban J connectivity index is 1.98. The fourth-order valence-electron chi connectivity index (χ4n) is 2.07. The average Bonchev–Trinajstić information content (AvgIpc) is 2.81. The average molecular weight is 274 g/mol. The van der Waals surface area contributed by atoms with Crippen LogP contribution >= 0.6 is 22.9 Å². The van der Waals surface area contributed by atoms with Crippen LogP contribution in [-0.4, -0.2) is 18.7 Å². The van der Waals surface area contributed by atoms with E-state index in [2.05, 4.69) is 26.1 Å². The van der Waals surface area contributed by atoms with Crippen LogP contribution in [0.3, 0.4) is 0 Å². The van der Waals surface area contributed by atoms with Gasteiger partial charge in [0.1, 0.15) is 0 Å². The molecule has 0 aliphatic carbocycles. The summed E-state index contributed by atoms with van der Waals surface area (Å²) in [6.45, 7) is 8.44. The van der Waals surface area contributed by atoms with Crippen molar-refractivity contribution in [3.05, 3.63) is 21.3 Å². The molecule has 0 radical (unpaired) electrons. The van der Waals surface area contributed by atoms with Crippen molar-refractivity contribution in [3.8, 4) is 0 Å². The molecule has 0 amide bonds. The van der Waals surface area contributed by atoms with Crippen molar-refractivity contribution in [3.63, 3.8) is 0 Å². The van der Waals surface area contributed by atoms with Gasteiger partial charge >= 0.3 is 0 Å². The first-order valence-electron chi connectivity index (χ1n) is 6.06. The Morgan fingerprint density at radius 3 is 2.88 bits per heavy atom. The lowest BCUT2D eigenvalue weighted by atomic mass is 9.98. The lowest BCUT2D eigenvalue weighted by Gasteiger charge is -2.25. The highest BCUT2D eigenvalue weighted by Crippen LogP contribution is 2.38. The maximum Gasteiger partial charge on any atom is 0.0958 e. The van der Waals surface area contributed by atoms with Gasteiger partial charge in [0.05, 0.1) is 11.1 Å². The van der Waals surface area contributed by atoms with E-state index in [1.807, 2.05) is 11.4 Å². The van der Waals surface area contributed by atoms with Crippen LogP contribution in [-0.2, 0) is 4.74 Å². The summed E-state index contributed by atoms with van der Waals surface area (Å²) in [4.78, 5) is 1.26. The first-order chi connectivity index (χ1) is 7.96. The summed E-state index contributed by atoms with van der Waals surface area (Å²) < 4.78 is 5.84. The molecule has 0 bridgehead atoms. The summed E-state index contributed by atoms with van der Waals surface area (Å²) in [6, 6.07) is 2.03. The maximum absolute atomic E-state index is 5.98. The van der Waals surface area contributed by atoms with Crippen LogP contribution in [0.1, 0.15) is 38.2 Å². The molecule has 2 atom stereocenters. The van der Waals surface area contributed by atoms with E-state index in [0.717, 1.165) is 24.6 Å². The van der Waals surface area contributed by atoms with E-state index in [9.17, 15) is 0 Å². The van der Waals surface area contributed by atoms with Gasteiger partial charge in [0.2, 0.25) is 0 Å². The normalized spacial score (nSPS) is 25.4. The van der Waals surface area contributed by atoms with Crippen LogP contribution < -0.4 is 5.32 Å². The van der Waals surface area contributed by atoms with Gasteiger partial charge in [0, 0.05) is 34.9 Å². The molecule has 1 N–H and O–H groups in total. The van der Waals surface area contributed by atoms with Crippen molar-refractivity contribution in [2.75, 3.05) is 13.2 Å². The molecule has 1 aromatic heterocycles. The Morgan fingerprint density at radius 1 is 1.53 bits per heavy atom. The molecule has 0 saturated carbocycles. The van der Waals surface area contributed by atoms with Crippen LogP contribution in [0, 0.1) is 5.92 Å². The minimum atomic E-state index is 0.167. The second kappa shape index (κ2) is 5.27. The standard InChI is InChI=1S/C13H20ClNOS/c1-13(2,3)15-7-9-4-5-16-12(9)11-6-10(14)8-17-11/h6,8-9,12,15H,4-5,7H2,1-3H3. The summed E-state index contributed by atoms with van der Waals surface area (Å²) >= 11 is 7.67. The predicted octanol–water partition coefficient (Wildman–Crippen LogP) is 3.87. The summed E-state index contributed by atoms with van der Waals surface area (Å²) in [5, 5.41) is 6.36. The third kappa shape index (κ3) is 3.68. The predicted molar refractivity (Wildman–Crippen MR) is 73.9 cm³/mol. The number of hydrogen-bond donors (Lipinski definition) is 1. The molecule has 1 fully saturated rings. The minimum Gasteiger partial charge on any atom is -0.372 e. The molecule has 96 valence electrons. The third-order valence-electron chi connectivity index (χ3n) is 2.98. The highest BCUT2D eigenvalue weighted by Gasteiger charge is 2.31. The second-order valence-corrected chi connectivity index (χ2v) is 7.02. The number of rotatable bonds is 3. The molecule has 0 aromatic carbocycles. The molecular formula is C13H20ClNOS. The van der Waals surface area contributed by atoms with Crippen molar-refractivity contribution in [1.29, 1.82) is 0 Å². The van der Waals surface area contributed by atoms with Crippen molar-refractivity contribution in [1.82, 2.24) is 5.32 Å². The topological polar surface area (TPSA) is 21.3 Å². The number of hydrogen-bond acceptors (Lipinski definition) is 3. The summed E-state index contributed by atoms with van der Waals surface area (Å²) in [6.07, 6.45) is 1.35. The van der Waals surface area contributed by atoms with E-state index in [0.29, 0.717) is 5.92 Å². The Kier molecular flexibility index (Phi) is 4.14. The van der Waals surface area contributed by atoms with Gasteiger partial charge in [-0.15, -0.1) is 11.3 Å². The molecule has 2 nitrogen and oxygen atoms in total. The van der Waals surface area contributed by atoms with E-state index < -0.39 is 0 Å². The number of thiophene rings is 1. The van der Waals surface area contributed by atoms with Gasteiger partial charge in [-0.2, -0.15) is 0 Å². The van der Waals surface area contributed by atoms with E-state index in [1.165, 1.54) is 4.88 Å². The zero-order valence-electron chi connectivity index (χ0n) is 10.6. The smallest absolute Gasteiger partial charge is 0.0958 e. The SMILES string of the molecule is CC(C)(C)NCC1CCOC1c1cc(Cl)cs1. The quantitative estimate of drug-likeness (QED) is 0.903. The van der Waals surface area contributed by atoms with Crippen LogP contribution in [0.2, 0.25) is 5.02 Å². The monoisotopic (exact) mass is 273 g/mol. The molecule has 2 heterocycles. The molecule has 1 aliphatic heterocycles. The van der Waals surface area contributed by atoms with E-state index in [1.54, 1.807) is 11.3 Å². The van der Waals surface area contributed by atoms with Gasteiger partial charge in [-0.3, -0.25) is 0 Å². The first kappa shape index (κ1) is 13.3. The second-order valence-electron chi connectivity index (χ2n) is 5.64. The zero-order valence-corrected chi connectivity index (χ0v) is 12.2. The summed E-state index contributed by atoms with van der Waals surface area (Å²) in [5.74, 6) is 0.559. The van der Waals surface area contributed by atoms with Gasteiger partial charge in [0.15, 0.2) is 0 Å². The Labute approximate surface area is 112 Å². The van der Waals surface area contributed by atoms with Crippen molar-refractivity contribution in [2.24, 2.45) is 5.92 Å². The van der Waals surface area contributed by atoms with Gasteiger partial charge in [-0.05, 0) is 33.3 Å². The molecule has 1 saturated heterocycles. The van der Waals surface area contributed by atoms with Crippen LogP contribution in [0.25, 0.3) is 0 Å². The Bertz CT molecular complexity index is 372. The lowest BCUT2D eigenvalue weighted by Crippen LogP contribution is -2.39. The van der Waals surface area contributed by atoms with Gasteiger partial charge in [0.25, 0.3) is 0 Å². The van der Waals surface area contributed by atoms with Gasteiger partial charge in [-0.25, -0.2) is 0 Å². The fourth-order valence-corrected chi connectivity index (χ4v) is 3.29. The van der Waals surface area contributed by atoms with E-state index >= 15 is 0 Å². The molecule has 4 heteroatoms. The Morgan fingerprint density at radius 2 is 2.29 bits per heavy atom. The van der Waals surface area contributed by atoms with Crippen molar-refractivity contribution in [2.45, 2.75) is 38.8 Å². The molecular weight excluding hydrogens is 254 g/mol. The number of nitrogens with one attached hydrogen (secondary N) is 1. The van der Waals surface area contributed by atoms with Crippen molar-refractivity contribution >= 4 is 22.9 Å². The van der Waals surface area contributed by atoms with Crippen LogP contribution in [0.15, 0.2) is 11.4 Å². The largest absolute Gasteiger partial charge is 0.372 e. The number of ether oxygens (including phenoxy) is 1. The zero-order chi connectivity index (χ0) is 12.5. The summed E-state index contributed by atoms with van der Waals surface area (Å²) in [7, 11) is 0. The summed E-state index contributed by atoms with van der Waals surface area (Å²) in [5.41, 5.74) is 0.167. The van der Waals surface area contributed by atoms with E-state index in [4.69, 9.17) is 16.3 Å². The molecule has 1 aromatic rings. The van der Waals surface area contributed by atoms with E-state index in [-0.39, 0.29) is 11.6 Å². The maximum atomic E-state index is 5.98. The molecule has 2 rings (SSSR count). The van der Waals surface area contributed by atoms with Crippen molar-refractivity contribution < 1.29 is 4.74 Å². The highest BCUT2D eigenvalue weighted by atomic mass is 35.5. The lowest BCUT2D eigenvalue weighted by molar-refractivity contribution is 0.0918. The third-order valence-corrected chi connectivity index (χ3v) is 4.32. The molecule has 1 aliphatic rings. The minimum absolute atomic E-state index is 0.167. The molecule has 2 unspecified atom stereocenters. The van der Waals surface area contributed by atoms with Gasteiger partial charge in [-0.1, -0.05) is 11.6 Å². The van der Waals surface area contributed by atoms with Crippen LogP contribution in [0.4, 0.5) is 0 Å². The Hall–Kier alpha value is -0.0900. The van der Waals surface area contributed by atoms with Gasteiger partial charge < -0.3 is 10.1 Å². The number of halogens is 1. The first-order valence-corrected chi connectivity index (χ1v) is 7.32.